The van der Waals surface area contributed by atoms with Crippen molar-refractivity contribution < 1.29 is 0 Å². The van der Waals surface area contributed by atoms with E-state index < -0.39 is 0 Å². The quantitative estimate of drug-likeness (QED) is 0.106. The van der Waals surface area contributed by atoms with Crippen LogP contribution in [-0.2, 0) is 0 Å². The second kappa shape index (κ2) is 28.5. The van der Waals surface area contributed by atoms with Crippen LogP contribution < -0.4 is 9.80 Å². The summed E-state index contributed by atoms with van der Waals surface area (Å²) in [6.45, 7) is 0. The average molecular weight is 1440 g/mol. The van der Waals surface area contributed by atoms with E-state index in [0.29, 0.717) is 0 Å². The zero-order valence-corrected chi connectivity index (χ0v) is 61.8. The van der Waals surface area contributed by atoms with Gasteiger partial charge in [-0.05, 0) is 212 Å². The monoisotopic (exact) mass is 1430 g/mol. The van der Waals surface area contributed by atoms with Crippen molar-refractivity contribution in [3.63, 3.8) is 0 Å². The topological polar surface area (TPSA) is 6.48 Å². The Labute approximate surface area is 647 Å². The number of hydrogen-bond donors (Lipinski definition) is 0. The Balaban J connectivity index is 0.000000145. The highest BCUT2D eigenvalue weighted by Gasteiger charge is 2.21. The first kappa shape index (κ1) is 65.8. The third-order valence-electron chi connectivity index (χ3n) is 21.7. The van der Waals surface area contributed by atoms with Gasteiger partial charge in [-0.25, -0.2) is 0 Å². The molecule has 2 aromatic heterocycles. The van der Waals surface area contributed by atoms with Crippen molar-refractivity contribution in [2.75, 3.05) is 9.80 Å². The summed E-state index contributed by atoms with van der Waals surface area (Å²) in [6.07, 6.45) is 0. The Morgan fingerprint density at radius 3 is 1.00 bits per heavy atom. The van der Waals surface area contributed by atoms with E-state index in [1.54, 1.807) is 0 Å². The molecule has 0 aliphatic rings. The highest BCUT2D eigenvalue weighted by Crippen LogP contribution is 2.47. The Morgan fingerprint density at radius 1 is 0.155 bits per heavy atom. The Bertz CT molecular complexity index is 7000. The first-order chi connectivity index (χ1) is 54.5. The molecule has 0 fully saturated rings. The molecule has 516 valence electrons. The van der Waals surface area contributed by atoms with E-state index in [9.17, 15) is 0 Å². The first-order valence-electron chi connectivity index (χ1n) is 37.6. The number of hydrogen-bond acceptors (Lipinski definition) is 4. The summed E-state index contributed by atoms with van der Waals surface area (Å²) in [5.41, 5.74) is 23.6. The second-order valence-electron chi connectivity index (χ2n) is 28.2. The number of rotatable bonds is 13. The van der Waals surface area contributed by atoms with Crippen LogP contribution in [0, 0.1) is 0 Å². The summed E-state index contributed by atoms with van der Waals surface area (Å²) in [5, 5.41) is 15.4. The average Bonchev–Trinajstić information content (AvgIpc) is 1.25. The Hall–Kier alpha value is -13.7. The van der Waals surface area contributed by atoms with Crippen molar-refractivity contribution in [2.45, 2.75) is 0 Å². The van der Waals surface area contributed by atoms with E-state index >= 15 is 0 Å². The van der Waals surface area contributed by atoms with Gasteiger partial charge in [0.25, 0.3) is 0 Å². The van der Waals surface area contributed by atoms with Crippen LogP contribution in [0.3, 0.4) is 0 Å². The summed E-state index contributed by atoms with van der Waals surface area (Å²) in [4.78, 5) is 4.78. The van der Waals surface area contributed by atoms with Gasteiger partial charge in [-0.15, -0.1) is 22.7 Å². The van der Waals surface area contributed by atoms with E-state index in [4.69, 9.17) is 0 Å². The molecule has 0 aliphatic heterocycles. The summed E-state index contributed by atoms with van der Waals surface area (Å²) >= 11 is 3.75. The van der Waals surface area contributed by atoms with E-state index in [1.807, 2.05) is 22.7 Å². The second-order valence-corrected chi connectivity index (χ2v) is 30.3. The molecule has 0 N–H and O–H groups in total. The van der Waals surface area contributed by atoms with Gasteiger partial charge < -0.3 is 9.80 Å². The molecule has 110 heavy (non-hydrogen) atoms. The molecule has 0 amide bonds. The first-order valence-corrected chi connectivity index (χ1v) is 39.2. The predicted octanol–water partition coefficient (Wildman–Crippen LogP) is 31.3. The third kappa shape index (κ3) is 12.4. The van der Waals surface area contributed by atoms with Gasteiger partial charge in [-0.2, -0.15) is 0 Å². The lowest BCUT2D eigenvalue weighted by atomic mass is 9.95. The molecule has 0 atom stereocenters. The zero-order valence-electron chi connectivity index (χ0n) is 60.1. The Morgan fingerprint density at radius 2 is 0.482 bits per heavy atom. The highest BCUT2D eigenvalue weighted by molar-refractivity contribution is 7.26. The third-order valence-corrected chi connectivity index (χ3v) is 24.2. The lowest BCUT2D eigenvalue weighted by Gasteiger charge is -2.28. The van der Waals surface area contributed by atoms with Crippen LogP contribution in [0.4, 0.5) is 34.1 Å². The van der Waals surface area contributed by atoms with Crippen LogP contribution in [-0.4, -0.2) is 0 Å². The molecule has 0 unspecified atom stereocenters. The van der Waals surface area contributed by atoms with Crippen molar-refractivity contribution in [3.05, 3.63) is 425 Å². The number of fused-ring (bicyclic) bond motifs is 12. The normalized spacial score (nSPS) is 11.5. The SMILES string of the molecule is c1ccc(-c2ccc(N(c3ccc(-c4cccc5c4sc4ccccc45)cc3)c3cccc(-c4cccc(-c5ccc6c(ccc7ccccc76)c5)c4)c3)cc2)cc1.c1ccc(-c2ccc(N(c3ccc(-c4cccc5c4sc4ccccc45)cc3)c3ccccc3-c3ccc4c(ccc5ccccc54)c3)cc2)cc1. The minimum atomic E-state index is 1.10. The molecule has 0 bridgehead atoms. The summed E-state index contributed by atoms with van der Waals surface area (Å²) in [5.74, 6) is 0. The van der Waals surface area contributed by atoms with E-state index in [0.717, 1.165) is 34.1 Å². The van der Waals surface area contributed by atoms with Gasteiger partial charge in [0.2, 0.25) is 0 Å². The standard InChI is InChI=1S/C56H37NS.C50H33NS/c1-2-11-38(12-3-1)39-25-30-47(31-26-39)57(48-32-27-41(28-33-48)52-20-10-21-54-53-19-6-7-22-55(53)58-56(52)54)49-17-9-16-44(37-49)42-14-8-15-43(35-42)45-29-34-51-46(36-45)24-23-40-13-4-5-18-50(40)51;1-2-11-34(12-3-1)35-23-28-40(29-24-35)51(41-30-25-37(26-31-41)45-17-10-18-47-46-16-7-9-20-49(46)52-50(45)47)48-19-8-6-15-44(48)39-27-32-43-38(33-39)22-21-36-13-4-5-14-42(36)43/h1-37H;1-33H. The number of thiophene rings is 2. The summed E-state index contributed by atoms with van der Waals surface area (Å²) in [7, 11) is 0. The number of nitrogens with zero attached hydrogens (tertiary/aromatic N) is 2. The van der Waals surface area contributed by atoms with Crippen molar-refractivity contribution in [3.8, 4) is 77.9 Å². The number of benzene rings is 19. The van der Waals surface area contributed by atoms with Crippen molar-refractivity contribution in [1.29, 1.82) is 0 Å². The smallest absolute Gasteiger partial charge is 0.0540 e. The largest absolute Gasteiger partial charge is 0.310 e. The maximum Gasteiger partial charge on any atom is 0.0540 e. The van der Waals surface area contributed by atoms with Gasteiger partial charge in [0, 0.05) is 74.3 Å². The molecule has 2 nitrogen and oxygen atoms in total. The lowest BCUT2D eigenvalue weighted by Crippen LogP contribution is -2.11. The molecule has 0 spiro atoms. The highest BCUT2D eigenvalue weighted by atomic mass is 32.1. The van der Waals surface area contributed by atoms with E-state index in [1.165, 1.54) is 161 Å². The van der Waals surface area contributed by atoms with Crippen LogP contribution >= 0.6 is 22.7 Å². The molecule has 4 heteroatoms. The van der Waals surface area contributed by atoms with Gasteiger partial charge in [-0.1, -0.05) is 328 Å². The fourth-order valence-electron chi connectivity index (χ4n) is 16.3. The predicted molar refractivity (Wildman–Crippen MR) is 476 cm³/mol. The van der Waals surface area contributed by atoms with Crippen molar-refractivity contribution in [1.82, 2.24) is 0 Å². The maximum atomic E-state index is 2.40. The molecule has 0 radical (unpaired) electrons. The number of para-hydroxylation sites is 1. The molecular weight excluding hydrogens is 1370 g/mol. The summed E-state index contributed by atoms with van der Waals surface area (Å²) in [6, 6.07) is 155. The molecule has 21 aromatic rings. The molecule has 2 heterocycles. The van der Waals surface area contributed by atoms with Crippen LogP contribution in [0.5, 0.6) is 0 Å². The minimum Gasteiger partial charge on any atom is -0.310 e. The van der Waals surface area contributed by atoms with E-state index in [-0.39, 0.29) is 0 Å². The van der Waals surface area contributed by atoms with Crippen LogP contribution in [0.25, 0.3) is 161 Å². The number of anilines is 6. The lowest BCUT2D eigenvalue weighted by molar-refractivity contribution is 1.28. The van der Waals surface area contributed by atoms with Crippen LogP contribution in [0.15, 0.2) is 425 Å². The van der Waals surface area contributed by atoms with Gasteiger partial charge in [-0.3, -0.25) is 0 Å². The van der Waals surface area contributed by atoms with Gasteiger partial charge >= 0.3 is 0 Å². The van der Waals surface area contributed by atoms with Crippen molar-refractivity contribution in [2.24, 2.45) is 0 Å². The molecule has 0 aliphatic carbocycles. The van der Waals surface area contributed by atoms with Crippen LogP contribution in [0.1, 0.15) is 0 Å². The fraction of sp³-hybridized carbons (Fsp3) is 0. The van der Waals surface area contributed by atoms with Gasteiger partial charge in [0.05, 0.1) is 5.69 Å². The zero-order chi connectivity index (χ0) is 72.9. The van der Waals surface area contributed by atoms with Crippen LogP contribution in [0.2, 0.25) is 0 Å². The van der Waals surface area contributed by atoms with Gasteiger partial charge in [0.1, 0.15) is 0 Å². The fourth-order valence-corrected chi connectivity index (χ4v) is 18.7. The molecule has 19 aromatic carbocycles. The molecule has 21 rings (SSSR count). The maximum absolute atomic E-state index is 2.40. The van der Waals surface area contributed by atoms with E-state index in [2.05, 4.69) is 434 Å². The molecular formula is C106H70N2S2. The minimum absolute atomic E-state index is 1.10. The summed E-state index contributed by atoms with van der Waals surface area (Å²) < 4.78 is 5.31. The Kier molecular flexibility index (Phi) is 17.0. The van der Waals surface area contributed by atoms with Crippen molar-refractivity contribution >= 4 is 140 Å². The molecule has 0 saturated carbocycles. The van der Waals surface area contributed by atoms with Gasteiger partial charge in [0.15, 0.2) is 0 Å². The molecule has 0 saturated heterocycles.